The second kappa shape index (κ2) is 12.3. The monoisotopic (exact) mass is 418 g/mol. The maximum Gasteiger partial charge on any atom is 0.0701 e. The molecule has 2 aromatic rings. The number of hydrogen-bond acceptors (Lipinski definition) is 5. The summed E-state index contributed by atoms with van der Waals surface area (Å²) in [5.74, 6) is 0. The maximum atomic E-state index is 8.67. The van der Waals surface area contributed by atoms with Crippen molar-refractivity contribution in [2.24, 2.45) is 0 Å². The molecule has 158 valence electrons. The third-order valence-corrected chi connectivity index (χ3v) is 5.48. The van der Waals surface area contributed by atoms with Crippen molar-refractivity contribution < 1.29 is 14.6 Å². The van der Waals surface area contributed by atoms with Gasteiger partial charge in [0.15, 0.2) is 0 Å². The summed E-state index contributed by atoms with van der Waals surface area (Å²) in [5, 5.41) is 9.45. The van der Waals surface area contributed by atoms with Crippen molar-refractivity contribution in [3.8, 4) is 0 Å². The number of rotatable bonds is 11. The van der Waals surface area contributed by atoms with Crippen molar-refractivity contribution in [2.45, 2.75) is 6.04 Å². The molecule has 0 aromatic heterocycles. The van der Waals surface area contributed by atoms with Gasteiger partial charge in [-0.1, -0.05) is 54.1 Å². The average Bonchev–Trinajstić information content (AvgIpc) is 2.76. The lowest BCUT2D eigenvalue weighted by Crippen LogP contribution is -2.48. The molecule has 2 aromatic carbocycles. The number of halogens is 1. The van der Waals surface area contributed by atoms with Crippen LogP contribution >= 0.6 is 11.6 Å². The molecule has 1 atom stereocenters. The van der Waals surface area contributed by atoms with E-state index >= 15 is 0 Å². The third kappa shape index (κ3) is 7.07. The van der Waals surface area contributed by atoms with Gasteiger partial charge in [-0.25, -0.2) is 0 Å². The van der Waals surface area contributed by atoms with E-state index in [9.17, 15) is 0 Å². The lowest BCUT2D eigenvalue weighted by atomic mass is 9.96. The van der Waals surface area contributed by atoms with E-state index in [4.69, 9.17) is 26.2 Å². The molecule has 0 unspecified atom stereocenters. The van der Waals surface area contributed by atoms with Gasteiger partial charge < -0.3 is 14.6 Å². The SMILES string of the molecule is OCCOCCOCCN1CCN([C@@H](c2ccccc2)c2ccc(Cl)cc2)CC1. The molecule has 1 heterocycles. The number of aliphatic hydroxyl groups excluding tert-OH is 1. The van der Waals surface area contributed by atoms with Crippen molar-refractivity contribution in [3.63, 3.8) is 0 Å². The van der Waals surface area contributed by atoms with Crippen molar-refractivity contribution >= 4 is 11.6 Å². The summed E-state index contributed by atoms with van der Waals surface area (Å²) in [6.45, 7) is 7.28. The molecule has 1 N–H and O–H groups in total. The lowest BCUT2D eigenvalue weighted by molar-refractivity contribution is 0.0203. The maximum absolute atomic E-state index is 8.67. The van der Waals surface area contributed by atoms with Gasteiger partial charge >= 0.3 is 0 Å². The summed E-state index contributed by atoms with van der Waals surface area (Å²) in [6.07, 6.45) is 0. The van der Waals surface area contributed by atoms with Crippen LogP contribution in [0.3, 0.4) is 0 Å². The number of nitrogens with zero attached hydrogens (tertiary/aromatic N) is 2. The van der Waals surface area contributed by atoms with Gasteiger partial charge in [-0.15, -0.1) is 0 Å². The molecule has 29 heavy (non-hydrogen) atoms. The first-order valence-electron chi connectivity index (χ1n) is 10.3. The molecule has 1 aliphatic heterocycles. The van der Waals surface area contributed by atoms with Crippen LogP contribution in [0.1, 0.15) is 17.2 Å². The fourth-order valence-electron chi connectivity index (χ4n) is 3.72. The highest BCUT2D eigenvalue weighted by molar-refractivity contribution is 6.30. The van der Waals surface area contributed by atoms with E-state index in [0.29, 0.717) is 26.4 Å². The van der Waals surface area contributed by atoms with Gasteiger partial charge in [0, 0.05) is 37.7 Å². The predicted octanol–water partition coefficient (Wildman–Crippen LogP) is 3.07. The number of ether oxygens (including phenoxy) is 2. The zero-order valence-electron chi connectivity index (χ0n) is 16.9. The quantitative estimate of drug-likeness (QED) is 0.568. The summed E-state index contributed by atoms with van der Waals surface area (Å²) in [4.78, 5) is 5.01. The van der Waals surface area contributed by atoms with Crippen molar-refractivity contribution in [3.05, 3.63) is 70.7 Å². The van der Waals surface area contributed by atoms with Crippen LogP contribution in [0.4, 0.5) is 0 Å². The van der Waals surface area contributed by atoms with Crippen molar-refractivity contribution in [1.82, 2.24) is 9.80 Å². The summed E-state index contributed by atoms with van der Waals surface area (Å²) in [5.41, 5.74) is 2.59. The van der Waals surface area contributed by atoms with Gasteiger partial charge in [-0.05, 0) is 23.3 Å². The zero-order chi connectivity index (χ0) is 20.3. The number of piperazine rings is 1. The standard InChI is InChI=1S/C23H31ClN2O3/c24-22-8-6-21(7-9-22)23(20-4-2-1-3-5-20)26-12-10-25(11-13-26)14-16-28-18-19-29-17-15-27/h1-9,23,27H,10-19H2/t23-/m0/s1. The van der Waals surface area contributed by atoms with Crippen LogP contribution in [0.15, 0.2) is 54.6 Å². The molecular formula is C23H31ClN2O3. The van der Waals surface area contributed by atoms with Crippen molar-refractivity contribution in [1.29, 1.82) is 0 Å². The Morgan fingerprint density at radius 2 is 1.41 bits per heavy atom. The Bertz CT molecular complexity index is 691. The highest BCUT2D eigenvalue weighted by atomic mass is 35.5. The summed E-state index contributed by atoms with van der Waals surface area (Å²) >= 11 is 6.11. The van der Waals surface area contributed by atoms with Crippen LogP contribution in [0.5, 0.6) is 0 Å². The highest BCUT2D eigenvalue weighted by Gasteiger charge is 2.26. The van der Waals surface area contributed by atoms with Crippen LogP contribution < -0.4 is 0 Å². The average molecular weight is 419 g/mol. The summed E-state index contributed by atoms with van der Waals surface area (Å²) in [6, 6.07) is 19.2. The van der Waals surface area contributed by atoms with Gasteiger partial charge in [0.05, 0.1) is 39.1 Å². The van der Waals surface area contributed by atoms with E-state index in [1.165, 1.54) is 11.1 Å². The van der Waals surface area contributed by atoms with E-state index < -0.39 is 0 Å². The van der Waals surface area contributed by atoms with E-state index in [1.54, 1.807) is 0 Å². The van der Waals surface area contributed by atoms with Crippen LogP contribution in [-0.4, -0.2) is 80.7 Å². The largest absolute Gasteiger partial charge is 0.394 e. The smallest absolute Gasteiger partial charge is 0.0701 e. The first-order valence-corrected chi connectivity index (χ1v) is 10.7. The first kappa shape index (κ1) is 22.2. The lowest BCUT2D eigenvalue weighted by Gasteiger charge is -2.39. The molecule has 6 heteroatoms. The molecule has 0 aliphatic carbocycles. The normalized spacial score (nSPS) is 16.8. The van der Waals surface area contributed by atoms with Crippen molar-refractivity contribution in [2.75, 3.05) is 65.8 Å². The zero-order valence-corrected chi connectivity index (χ0v) is 17.6. The molecule has 3 rings (SSSR count). The molecule has 1 fully saturated rings. The van der Waals surface area contributed by atoms with Gasteiger partial charge in [0.2, 0.25) is 0 Å². The molecule has 0 spiro atoms. The Morgan fingerprint density at radius 1 is 0.793 bits per heavy atom. The highest BCUT2D eigenvalue weighted by Crippen LogP contribution is 2.30. The van der Waals surface area contributed by atoms with Gasteiger partial charge in [-0.3, -0.25) is 9.80 Å². The molecule has 0 bridgehead atoms. The van der Waals surface area contributed by atoms with Crippen LogP contribution in [0.25, 0.3) is 0 Å². The Morgan fingerprint density at radius 3 is 2.07 bits per heavy atom. The third-order valence-electron chi connectivity index (χ3n) is 5.23. The molecule has 0 saturated carbocycles. The minimum absolute atomic E-state index is 0.0598. The molecule has 0 amide bonds. The van der Waals surface area contributed by atoms with Crippen LogP contribution in [0.2, 0.25) is 5.02 Å². The van der Waals surface area contributed by atoms with E-state index in [1.807, 2.05) is 12.1 Å². The number of benzene rings is 2. The van der Waals surface area contributed by atoms with Gasteiger partial charge in [0.25, 0.3) is 0 Å². The second-order valence-corrected chi connectivity index (χ2v) is 7.63. The molecule has 1 aliphatic rings. The molecule has 5 nitrogen and oxygen atoms in total. The number of hydrogen-bond donors (Lipinski definition) is 1. The minimum atomic E-state index is 0.0598. The molecule has 0 radical (unpaired) electrons. The summed E-state index contributed by atoms with van der Waals surface area (Å²) < 4.78 is 10.8. The fourth-order valence-corrected chi connectivity index (χ4v) is 3.85. The van der Waals surface area contributed by atoms with Gasteiger partial charge in [0.1, 0.15) is 0 Å². The molecular weight excluding hydrogens is 388 g/mol. The topological polar surface area (TPSA) is 45.2 Å². The second-order valence-electron chi connectivity index (χ2n) is 7.19. The Hall–Kier alpha value is -1.47. The first-order chi connectivity index (χ1) is 14.3. The predicted molar refractivity (Wildman–Crippen MR) is 116 cm³/mol. The number of aliphatic hydroxyl groups is 1. The van der Waals surface area contributed by atoms with E-state index in [-0.39, 0.29) is 12.6 Å². The Balaban J connectivity index is 1.51. The Labute approximate surface area is 178 Å². The van der Waals surface area contributed by atoms with Crippen LogP contribution in [-0.2, 0) is 9.47 Å². The van der Waals surface area contributed by atoms with E-state index in [2.05, 4.69) is 52.3 Å². The van der Waals surface area contributed by atoms with Crippen LogP contribution in [0, 0.1) is 0 Å². The Kier molecular flexibility index (Phi) is 9.41. The fraction of sp³-hybridized carbons (Fsp3) is 0.478. The van der Waals surface area contributed by atoms with Gasteiger partial charge in [-0.2, -0.15) is 0 Å². The summed E-state index contributed by atoms with van der Waals surface area (Å²) in [7, 11) is 0. The van der Waals surface area contributed by atoms with E-state index in [0.717, 1.165) is 37.7 Å². The molecule has 1 saturated heterocycles. The minimum Gasteiger partial charge on any atom is -0.394 e.